The Morgan fingerprint density at radius 2 is 2.06 bits per heavy atom. The summed E-state index contributed by atoms with van der Waals surface area (Å²) in [4.78, 5) is 13.8. The molecule has 0 bridgehead atoms. The maximum Gasteiger partial charge on any atom is 0.217 e. The van der Waals surface area contributed by atoms with Gasteiger partial charge in [0.1, 0.15) is 0 Å². The zero-order valence-electron chi connectivity index (χ0n) is 11.3. The van der Waals surface area contributed by atoms with Crippen molar-refractivity contribution in [3.8, 4) is 0 Å². The fourth-order valence-electron chi connectivity index (χ4n) is 2.72. The Morgan fingerprint density at radius 1 is 1.33 bits per heavy atom. The van der Waals surface area contributed by atoms with E-state index < -0.39 is 0 Å². The summed E-state index contributed by atoms with van der Waals surface area (Å²) in [6, 6.07) is 0. The number of amides is 1. The van der Waals surface area contributed by atoms with E-state index in [-0.39, 0.29) is 11.4 Å². The fourth-order valence-corrected chi connectivity index (χ4v) is 2.72. The van der Waals surface area contributed by atoms with Crippen molar-refractivity contribution in [1.82, 2.24) is 10.2 Å². The van der Waals surface area contributed by atoms with Gasteiger partial charge in [0.05, 0.1) is 5.54 Å². The molecule has 0 aromatic carbocycles. The van der Waals surface area contributed by atoms with Crippen LogP contribution < -0.4 is 5.32 Å². The van der Waals surface area contributed by atoms with Crippen LogP contribution in [0.15, 0.2) is 36.0 Å². The van der Waals surface area contributed by atoms with E-state index in [0.29, 0.717) is 0 Å². The Morgan fingerprint density at radius 3 is 2.72 bits per heavy atom. The minimum atomic E-state index is -0.177. The van der Waals surface area contributed by atoms with Crippen LogP contribution in [0, 0.1) is 0 Å². The van der Waals surface area contributed by atoms with Crippen LogP contribution in [-0.4, -0.2) is 36.5 Å². The van der Waals surface area contributed by atoms with E-state index >= 15 is 0 Å². The van der Waals surface area contributed by atoms with Gasteiger partial charge in [-0.2, -0.15) is 0 Å². The quantitative estimate of drug-likeness (QED) is 0.808. The highest BCUT2D eigenvalue weighted by Gasteiger charge is 2.36. The molecule has 0 saturated carbocycles. The minimum absolute atomic E-state index is 0.0575. The molecule has 0 aromatic rings. The Kier molecular flexibility index (Phi) is 4.02. The summed E-state index contributed by atoms with van der Waals surface area (Å²) in [5.41, 5.74) is 1.06. The average Bonchev–Trinajstić information content (AvgIpc) is 2.61. The van der Waals surface area contributed by atoms with E-state index in [9.17, 15) is 4.79 Å². The molecule has 0 aromatic heterocycles. The van der Waals surface area contributed by atoms with Crippen molar-refractivity contribution in [3.63, 3.8) is 0 Å². The lowest BCUT2D eigenvalue weighted by atomic mass is 9.80. The van der Waals surface area contributed by atoms with Crippen molar-refractivity contribution in [1.29, 1.82) is 0 Å². The molecule has 1 N–H and O–H groups in total. The molecule has 0 unspecified atom stereocenters. The number of nitrogens with one attached hydrogen (secondary N) is 1. The van der Waals surface area contributed by atoms with Gasteiger partial charge in [0.15, 0.2) is 0 Å². The van der Waals surface area contributed by atoms with Crippen molar-refractivity contribution >= 4 is 5.91 Å². The summed E-state index contributed by atoms with van der Waals surface area (Å²) < 4.78 is 0. The summed E-state index contributed by atoms with van der Waals surface area (Å²) in [5, 5.41) is 3.19. The molecule has 0 spiro atoms. The van der Waals surface area contributed by atoms with E-state index in [4.69, 9.17) is 0 Å². The summed E-state index contributed by atoms with van der Waals surface area (Å²) in [6.07, 6.45) is 13.6. The van der Waals surface area contributed by atoms with Crippen LogP contribution in [0.25, 0.3) is 0 Å². The summed E-state index contributed by atoms with van der Waals surface area (Å²) >= 11 is 0. The van der Waals surface area contributed by atoms with Gasteiger partial charge in [0.2, 0.25) is 5.91 Å². The maximum absolute atomic E-state index is 11.5. The number of carbonyl (C=O) groups is 1. The second-order valence-electron chi connectivity index (χ2n) is 5.25. The standard InChI is InChI=1S/C15H22N2O/c1-13(18)16-15(9-11-17(2)12-10-15)14-7-5-3-4-6-8-14/h3,5-8H,4,9-12H2,1-2H3,(H,16,18). The summed E-state index contributed by atoms with van der Waals surface area (Å²) in [6.45, 7) is 3.65. The van der Waals surface area contributed by atoms with Crippen LogP contribution in [0.5, 0.6) is 0 Å². The molecular weight excluding hydrogens is 224 g/mol. The average molecular weight is 246 g/mol. The lowest BCUT2D eigenvalue weighted by Gasteiger charge is -2.42. The third kappa shape index (κ3) is 2.91. The van der Waals surface area contributed by atoms with Crippen molar-refractivity contribution in [2.24, 2.45) is 0 Å². The van der Waals surface area contributed by atoms with Crippen LogP contribution in [0.1, 0.15) is 26.2 Å². The number of piperidine rings is 1. The van der Waals surface area contributed by atoms with E-state index in [1.54, 1.807) is 6.92 Å². The smallest absolute Gasteiger partial charge is 0.217 e. The Labute approximate surface area is 109 Å². The number of rotatable bonds is 2. The van der Waals surface area contributed by atoms with Gasteiger partial charge < -0.3 is 10.2 Å². The molecule has 18 heavy (non-hydrogen) atoms. The van der Waals surface area contributed by atoms with E-state index in [2.05, 4.69) is 47.6 Å². The number of carbonyl (C=O) groups excluding carboxylic acids is 1. The molecule has 0 atom stereocenters. The zero-order valence-corrected chi connectivity index (χ0v) is 11.3. The third-order valence-corrected chi connectivity index (χ3v) is 3.79. The highest BCUT2D eigenvalue weighted by atomic mass is 16.1. The van der Waals surface area contributed by atoms with Crippen molar-refractivity contribution in [2.45, 2.75) is 31.7 Å². The number of likely N-dealkylation sites (tertiary alicyclic amines) is 1. The van der Waals surface area contributed by atoms with E-state index in [1.165, 1.54) is 5.57 Å². The maximum atomic E-state index is 11.5. The van der Waals surface area contributed by atoms with Gasteiger partial charge in [0, 0.05) is 20.0 Å². The van der Waals surface area contributed by atoms with Crippen LogP contribution in [-0.2, 0) is 4.79 Å². The first-order chi connectivity index (χ1) is 8.62. The second-order valence-corrected chi connectivity index (χ2v) is 5.25. The number of hydrogen-bond donors (Lipinski definition) is 1. The van der Waals surface area contributed by atoms with Gasteiger partial charge in [-0.05, 0) is 31.9 Å². The van der Waals surface area contributed by atoms with E-state index in [0.717, 1.165) is 32.4 Å². The van der Waals surface area contributed by atoms with Crippen LogP contribution in [0.4, 0.5) is 0 Å². The highest BCUT2D eigenvalue weighted by Crippen LogP contribution is 2.31. The van der Waals surface area contributed by atoms with Crippen LogP contribution in [0.2, 0.25) is 0 Å². The number of hydrogen-bond acceptors (Lipinski definition) is 2. The molecule has 3 heteroatoms. The first-order valence-electron chi connectivity index (χ1n) is 6.63. The normalized spacial score (nSPS) is 23.3. The predicted octanol–water partition coefficient (Wildman–Crippen LogP) is 2.03. The summed E-state index contributed by atoms with van der Waals surface area (Å²) in [5.74, 6) is 0.0575. The van der Waals surface area contributed by atoms with Gasteiger partial charge >= 0.3 is 0 Å². The van der Waals surface area contributed by atoms with Crippen LogP contribution in [0.3, 0.4) is 0 Å². The monoisotopic (exact) mass is 246 g/mol. The lowest BCUT2D eigenvalue weighted by Crippen LogP contribution is -2.55. The zero-order chi connectivity index (χ0) is 13.0. The van der Waals surface area contributed by atoms with E-state index in [1.807, 2.05) is 0 Å². The number of nitrogens with zero attached hydrogens (tertiary/aromatic N) is 1. The predicted molar refractivity (Wildman–Crippen MR) is 74.3 cm³/mol. The van der Waals surface area contributed by atoms with Gasteiger partial charge in [-0.1, -0.05) is 30.4 Å². The molecular formula is C15H22N2O. The Balaban J connectivity index is 2.26. The molecule has 1 heterocycles. The van der Waals surface area contributed by atoms with Gasteiger partial charge in [-0.3, -0.25) is 4.79 Å². The van der Waals surface area contributed by atoms with Crippen LogP contribution >= 0.6 is 0 Å². The lowest BCUT2D eigenvalue weighted by molar-refractivity contribution is -0.120. The number of allylic oxidation sites excluding steroid dienone is 4. The van der Waals surface area contributed by atoms with Gasteiger partial charge in [-0.15, -0.1) is 0 Å². The molecule has 1 aliphatic heterocycles. The molecule has 3 nitrogen and oxygen atoms in total. The third-order valence-electron chi connectivity index (χ3n) is 3.79. The first-order valence-corrected chi connectivity index (χ1v) is 6.63. The second kappa shape index (κ2) is 5.53. The molecule has 2 aliphatic rings. The largest absolute Gasteiger partial charge is 0.347 e. The summed E-state index contributed by atoms with van der Waals surface area (Å²) in [7, 11) is 2.13. The Hall–Kier alpha value is -1.35. The highest BCUT2D eigenvalue weighted by molar-refractivity contribution is 5.75. The fraction of sp³-hybridized carbons (Fsp3) is 0.533. The molecule has 98 valence electrons. The van der Waals surface area contributed by atoms with Crippen molar-refractivity contribution in [2.75, 3.05) is 20.1 Å². The molecule has 1 saturated heterocycles. The minimum Gasteiger partial charge on any atom is -0.347 e. The van der Waals surface area contributed by atoms with Crippen molar-refractivity contribution in [3.05, 3.63) is 36.0 Å². The molecule has 2 rings (SSSR count). The first kappa shape index (κ1) is 13.1. The SMILES string of the molecule is CC(=O)NC1(C2=CC=CCC=C2)CCN(C)CC1. The molecule has 1 fully saturated rings. The van der Waals surface area contributed by atoms with Crippen molar-refractivity contribution < 1.29 is 4.79 Å². The molecule has 1 amide bonds. The molecule has 1 aliphatic carbocycles. The van der Waals surface area contributed by atoms with Gasteiger partial charge in [-0.25, -0.2) is 0 Å². The van der Waals surface area contributed by atoms with Gasteiger partial charge in [0.25, 0.3) is 0 Å². The topological polar surface area (TPSA) is 32.3 Å². The molecule has 0 radical (unpaired) electrons. The Bertz CT molecular complexity index is 399.